The fourth-order valence-electron chi connectivity index (χ4n) is 3.96. The zero-order valence-corrected chi connectivity index (χ0v) is 25.2. The van der Waals surface area contributed by atoms with Crippen molar-refractivity contribution in [1.82, 2.24) is 9.80 Å². The predicted octanol–water partition coefficient (Wildman–Crippen LogP) is 7.04. The first-order chi connectivity index (χ1) is 17.4. The Hall–Kier alpha value is -2.89. The Kier molecular flexibility index (Phi) is 14.6. The second-order valence-corrected chi connectivity index (χ2v) is 8.42. The zero-order chi connectivity index (χ0) is 26.5. The van der Waals surface area contributed by atoms with Gasteiger partial charge in [-0.1, -0.05) is 13.8 Å². The average molecular weight is 675 g/mol. The summed E-state index contributed by atoms with van der Waals surface area (Å²) in [6, 6.07) is 22.9. The molecule has 0 atom stereocenters. The molecule has 0 N–H and O–H groups in total. The van der Waals surface area contributed by atoms with Gasteiger partial charge in [0, 0.05) is 31.5 Å². The molecule has 0 bridgehead atoms. The minimum Gasteiger partial charge on any atom is -0.814 e. The fourth-order valence-corrected chi connectivity index (χ4v) is 3.96. The van der Waals surface area contributed by atoms with Crippen molar-refractivity contribution in [3.63, 3.8) is 0 Å². The number of rotatable bonds is 7. The van der Waals surface area contributed by atoms with E-state index in [1.807, 2.05) is 24.3 Å². The van der Waals surface area contributed by atoms with Crippen LogP contribution in [0.1, 0.15) is 54.4 Å². The molecule has 0 spiro atoms. The van der Waals surface area contributed by atoms with Crippen LogP contribution >= 0.6 is 0 Å². The van der Waals surface area contributed by atoms with E-state index in [0.29, 0.717) is 0 Å². The van der Waals surface area contributed by atoms with Crippen molar-refractivity contribution in [3.8, 4) is 0 Å². The van der Waals surface area contributed by atoms with Crippen LogP contribution in [-0.2, 0) is 20.1 Å². The third-order valence-electron chi connectivity index (χ3n) is 6.09. The molecule has 203 valence electrons. The van der Waals surface area contributed by atoms with Crippen LogP contribution in [0.3, 0.4) is 0 Å². The molecule has 2 aliphatic heterocycles. The predicted molar refractivity (Wildman–Crippen MR) is 154 cm³/mol. The molecule has 0 aromatic heterocycles. The van der Waals surface area contributed by atoms with Crippen LogP contribution in [-0.4, -0.2) is 35.3 Å². The molecule has 7 heteroatoms. The van der Waals surface area contributed by atoms with E-state index in [9.17, 15) is 0 Å². The summed E-state index contributed by atoms with van der Waals surface area (Å²) in [7, 11) is 0. The summed E-state index contributed by atoms with van der Waals surface area (Å²) in [5.74, 6) is 0. The monoisotopic (exact) mass is 675 g/mol. The number of nitrogens with zero attached hydrogens (tertiary/aromatic N) is 6. The average Bonchev–Trinajstić information content (AvgIpc) is 3.34. The normalized spacial score (nSPS) is 14.5. The maximum absolute atomic E-state index is 7.44. The van der Waals surface area contributed by atoms with E-state index in [1.54, 1.807) is 13.8 Å². The molecule has 37 heavy (non-hydrogen) atoms. The Morgan fingerprint density at radius 1 is 0.676 bits per heavy atom. The maximum Gasteiger partial charge on any atom is 0.00154 e. The van der Waals surface area contributed by atoms with E-state index in [2.05, 4.69) is 97.0 Å². The quantitative estimate of drug-likeness (QED) is 0.180. The van der Waals surface area contributed by atoms with Gasteiger partial charge in [-0.15, -0.1) is 11.4 Å². The van der Waals surface area contributed by atoms with Gasteiger partial charge in [-0.25, -0.2) is 12.4 Å². The first-order valence-electron chi connectivity index (χ1n) is 12.3. The van der Waals surface area contributed by atoms with Crippen molar-refractivity contribution in [2.75, 3.05) is 22.9 Å². The van der Waals surface area contributed by atoms with Crippen molar-refractivity contribution < 1.29 is 20.1 Å². The third-order valence-corrected chi connectivity index (χ3v) is 6.09. The molecule has 2 aliphatic rings. The van der Waals surface area contributed by atoms with E-state index < -0.39 is 0 Å². The van der Waals surface area contributed by atoms with Crippen molar-refractivity contribution in [3.05, 3.63) is 108 Å². The fraction of sp³-hybridized carbons (Fsp3) is 0.333. The molecule has 2 aromatic carbocycles. The summed E-state index contributed by atoms with van der Waals surface area (Å²) in [5, 5.41) is 14.9. The Morgan fingerprint density at radius 3 is 1.32 bits per heavy atom. The van der Waals surface area contributed by atoms with Gasteiger partial charge >= 0.3 is 0 Å². The van der Waals surface area contributed by atoms with Gasteiger partial charge in [-0.2, -0.15) is 74.0 Å². The van der Waals surface area contributed by atoms with Gasteiger partial charge in [0.15, 0.2) is 0 Å². The van der Waals surface area contributed by atoms with Gasteiger partial charge < -0.3 is 30.4 Å². The van der Waals surface area contributed by atoms with Crippen LogP contribution in [0, 0.1) is 25.5 Å². The Morgan fingerprint density at radius 2 is 1.03 bits per heavy atom. The molecule has 0 aliphatic carbocycles. The van der Waals surface area contributed by atoms with Crippen molar-refractivity contribution >= 4 is 23.8 Å². The first kappa shape index (κ1) is 32.1. The third kappa shape index (κ3) is 8.87. The number of hydrogen-bond donors (Lipinski definition) is 0. The second kappa shape index (κ2) is 16.8. The van der Waals surface area contributed by atoms with Gasteiger partial charge in [0.25, 0.3) is 0 Å². The van der Waals surface area contributed by atoms with Crippen LogP contribution < -0.4 is 9.80 Å². The summed E-state index contributed by atoms with van der Waals surface area (Å²) in [6.45, 7) is 18.3. The number of para-hydroxylation sites is 2. The zero-order valence-electron chi connectivity index (χ0n) is 22.8. The molecule has 0 saturated carbocycles. The van der Waals surface area contributed by atoms with E-state index in [1.165, 1.54) is 22.8 Å². The largest absolute Gasteiger partial charge is 0.814 e. The van der Waals surface area contributed by atoms with E-state index in [0.717, 1.165) is 49.7 Å². The maximum atomic E-state index is 7.44. The molecule has 0 unspecified atom stereocenters. The summed E-state index contributed by atoms with van der Waals surface area (Å²) >= 11 is 0. The molecule has 0 fully saturated rings. The molecular weight excluding hydrogens is 637 g/mol. The van der Waals surface area contributed by atoms with Gasteiger partial charge in [0.05, 0.1) is 0 Å². The van der Waals surface area contributed by atoms with Crippen LogP contribution in [0.4, 0.5) is 11.4 Å². The van der Waals surface area contributed by atoms with Gasteiger partial charge in [0.1, 0.15) is 0 Å². The summed E-state index contributed by atoms with van der Waals surface area (Å²) in [4.78, 5) is 9.19. The number of unbranched alkanes of at least 4 members (excludes halogenated alkanes) is 1. The van der Waals surface area contributed by atoms with Crippen molar-refractivity contribution in [2.24, 2.45) is 0 Å². The van der Waals surface area contributed by atoms with E-state index in [4.69, 9.17) is 10.8 Å². The van der Waals surface area contributed by atoms with Gasteiger partial charge in [0.2, 0.25) is 0 Å². The minimum atomic E-state index is 0. The Bertz CT molecular complexity index is 935. The van der Waals surface area contributed by atoms with E-state index in [-0.39, 0.29) is 20.1 Å². The molecule has 2 heterocycles. The molecule has 4 rings (SSSR count). The molecule has 6 nitrogen and oxygen atoms in total. The van der Waals surface area contributed by atoms with Crippen molar-refractivity contribution in [2.45, 2.75) is 54.4 Å². The summed E-state index contributed by atoms with van der Waals surface area (Å²) in [6.07, 6.45) is 4.28. The standard InChI is InChI=1S/C26H30N4.2C2H4N.Ir/c1-21-23(3)29(25-13-7-5-8-14-25)19-27(21)17-11-12-18-28-20-30(24(4)22(28)2)26-15-9-6-10-16-26;2*1-2-3;/h5-10,13,15,19-20H,11-12,17-18H2,1-4H3;2*2H,1H3;/q-4;2*-1;. The molecule has 2 aromatic rings. The van der Waals surface area contributed by atoms with Gasteiger partial charge in [-0.05, 0) is 65.0 Å². The smallest absolute Gasteiger partial charge is 0.00154 e. The molecular formula is C30H38IrN6-6. The topological polar surface area (TPSA) is 57.6 Å². The van der Waals surface area contributed by atoms with Crippen molar-refractivity contribution in [1.29, 1.82) is 0 Å². The molecule has 0 amide bonds. The number of anilines is 2. The minimum absolute atomic E-state index is 0. The second-order valence-electron chi connectivity index (χ2n) is 8.42. The number of benzene rings is 2. The van der Waals surface area contributed by atoms with Crippen LogP contribution in [0.2, 0.25) is 0 Å². The number of allylic oxidation sites excluding steroid dienone is 4. The van der Waals surface area contributed by atoms with Crippen LogP contribution in [0.5, 0.6) is 0 Å². The van der Waals surface area contributed by atoms with Crippen LogP contribution in [0.15, 0.2) is 71.3 Å². The number of hydrogen-bond acceptors (Lipinski definition) is 4. The SMILES string of the molecule is CC1=C(C)N(c2[c-]cccc2)[CH-]N1CCCCN1[CH-]N(c2[c-]cccc2)C(C)=C1C.CC=[N-].CC=[N-].[Ir]. The summed E-state index contributed by atoms with van der Waals surface area (Å²) < 4.78 is 0. The Balaban J connectivity index is 0.000000894. The van der Waals surface area contributed by atoms with Gasteiger partial charge in [-0.3, -0.25) is 0 Å². The Labute approximate surface area is 238 Å². The summed E-state index contributed by atoms with van der Waals surface area (Å²) in [5.41, 5.74) is 7.37. The van der Waals surface area contributed by atoms with Crippen LogP contribution in [0.25, 0.3) is 10.8 Å². The first-order valence-corrected chi connectivity index (χ1v) is 12.3. The molecule has 1 radical (unpaired) electrons. The molecule has 0 saturated heterocycles. The van der Waals surface area contributed by atoms with E-state index >= 15 is 0 Å².